The van der Waals surface area contributed by atoms with Gasteiger partial charge in [-0.2, -0.15) is 0 Å². The van der Waals surface area contributed by atoms with Crippen molar-refractivity contribution in [3.8, 4) is 0 Å². The minimum Gasteiger partial charge on any atom is -0.325 e. The Morgan fingerprint density at radius 2 is 2.08 bits per heavy atom. The summed E-state index contributed by atoms with van der Waals surface area (Å²) in [4.78, 5) is 8.21. The molecule has 0 saturated carbocycles. The van der Waals surface area contributed by atoms with E-state index in [0.717, 1.165) is 17.9 Å². The molecule has 0 bridgehead atoms. The van der Waals surface area contributed by atoms with E-state index < -0.39 is 0 Å². The average molecular weight is 210 g/mol. The highest BCUT2D eigenvalue weighted by Crippen LogP contribution is 1.93. The van der Waals surface area contributed by atoms with E-state index in [2.05, 4.69) is 9.97 Å². The van der Waals surface area contributed by atoms with Crippen LogP contribution in [0.3, 0.4) is 0 Å². The molecule has 0 radical (unpaired) electrons. The number of halogens is 2. The quantitative estimate of drug-likeness (QED) is 0.801. The van der Waals surface area contributed by atoms with Crippen LogP contribution in [0, 0.1) is 0 Å². The molecular formula is C7H13Cl2N3. The molecule has 1 rings (SSSR count). The molecule has 2 N–H and O–H groups in total. The van der Waals surface area contributed by atoms with Crippen LogP contribution in [-0.4, -0.2) is 9.97 Å². The van der Waals surface area contributed by atoms with E-state index in [9.17, 15) is 0 Å². The first-order valence-corrected chi connectivity index (χ1v) is 3.37. The monoisotopic (exact) mass is 209 g/mol. The van der Waals surface area contributed by atoms with E-state index in [0.29, 0.717) is 6.54 Å². The van der Waals surface area contributed by atoms with Gasteiger partial charge in [0.05, 0.1) is 5.69 Å². The van der Waals surface area contributed by atoms with Gasteiger partial charge in [0.1, 0.15) is 5.82 Å². The minimum absolute atomic E-state index is 0. The van der Waals surface area contributed by atoms with Crippen molar-refractivity contribution in [1.29, 1.82) is 0 Å². The Morgan fingerprint density at radius 1 is 1.42 bits per heavy atom. The molecule has 12 heavy (non-hydrogen) atoms. The van der Waals surface area contributed by atoms with Crippen molar-refractivity contribution < 1.29 is 0 Å². The van der Waals surface area contributed by atoms with Gasteiger partial charge in [0, 0.05) is 19.2 Å². The Balaban J connectivity index is 0. The third kappa shape index (κ3) is 3.85. The molecule has 1 aromatic rings. The van der Waals surface area contributed by atoms with Gasteiger partial charge < -0.3 is 5.73 Å². The standard InChI is InChI=1S/C7H11N3.2ClH/c1-2-7-9-4-3-6(5-8)10-7;;/h3-4H,2,5,8H2,1H3;2*1H. The van der Waals surface area contributed by atoms with Crippen molar-refractivity contribution in [2.75, 3.05) is 0 Å². The molecule has 1 aromatic heterocycles. The van der Waals surface area contributed by atoms with Crippen LogP contribution in [0.1, 0.15) is 18.4 Å². The predicted molar refractivity (Wildman–Crippen MR) is 53.8 cm³/mol. The van der Waals surface area contributed by atoms with Crippen LogP contribution in [0.15, 0.2) is 12.3 Å². The van der Waals surface area contributed by atoms with Gasteiger partial charge in [0.25, 0.3) is 0 Å². The van der Waals surface area contributed by atoms with Crippen LogP contribution in [0.25, 0.3) is 0 Å². The summed E-state index contributed by atoms with van der Waals surface area (Å²) in [5.41, 5.74) is 6.29. The molecule has 0 unspecified atom stereocenters. The molecule has 0 aromatic carbocycles. The maximum absolute atomic E-state index is 5.38. The van der Waals surface area contributed by atoms with Gasteiger partial charge in [-0.1, -0.05) is 6.92 Å². The smallest absolute Gasteiger partial charge is 0.128 e. The maximum Gasteiger partial charge on any atom is 0.128 e. The van der Waals surface area contributed by atoms with E-state index in [-0.39, 0.29) is 24.8 Å². The van der Waals surface area contributed by atoms with Crippen LogP contribution in [0.4, 0.5) is 0 Å². The first kappa shape index (κ1) is 14.2. The molecule has 0 saturated heterocycles. The molecule has 3 nitrogen and oxygen atoms in total. The van der Waals surface area contributed by atoms with Gasteiger partial charge in [-0.25, -0.2) is 9.97 Å². The molecule has 0 spiro atoms. The van der Waals surface area contributed by atoms with Crippen LogP contribution in [-0.2, 0) is 13.0 Å². The molecule has 0 atom stereocenters. The normalized spacial score (nSPS) is 8.17. The minimum atomic E-state index is 0. The van der Waals surface area contributed by atoms with E-state index >= 15 is 0 Å². The molecular weight excluding hydrogens is 197 g/mol. The van der Waals surface area contributed by atoms with Crippen LogP contribution in [0.2, 0.25) is 0 Å². The van der Waals surface area contributed by atoms with Crippen LogP contribution >= 0.6 is 24.8 Å². The van der Waals surface area contributed by atoms with Gasteiger partial charge in [0.15, 0.2) is 0 Å². The molecule has 0 amide bonds. The van der Waals surface area contributed by atoms with Crippen molar-refractivity contribution in [3.63, 3.8) is 0 Å². The van der Waals surface area contributed by atoms with Gasteiger partial charge in [-0.3, -0.25) is 0 Å². The van der Waals surface area contributed by atoms with Crippen molar-refractivity contribution in [2.45, 2.75) is 19.9 Å². The third-order valence-electron chi connectivity index (χ3n) is 1.29. The topological polar surface area (TPSA) is 51.8 Å². The molecule has 0 aliphatic rings. The summed E-state index contributed by atoms with van der Waals surface area (Å²) >= 11 is 0. The second-order valence-corrected chi connectivity index (χ2v) is 2.02. The maximum atomic E-state index is 5.38. The lowest BCUT2D eigenvalue weighted by Crippen LogP contribution is -2.02. The first-order chi connectivity index (χ1) is 4.86. The Labute approximate surface area is 84.6 Å². The third-order valence-corrected chi connectivity index (χ3v) is 1.29. The highest BCUT2D eigenvalue weighted by molar-refractivity contribution is 5.85. The summed E-state index contributed by atoms with van der Waals surface area (Å²) in [6.07, 6.45) is 2.61. The summed E-state index contributed by atoms with van der Waals surface area (Å²) in [5.74, 6) is 0.864. The lowest BCUT2D eigenvalue weighted by molar-refractivity contribution is 0.875. The lowest BCUT2D eigenvalue weighted by atomic mass is 10.4. The molecule has 70 valence electrons. The van der Waals surface area contributed by atoms with Crippen molar-refractivity contribution in [2.24, 2.45) is 5.73 Å². The Bertz CT molecular complexity index is 198. The second kappa shape index (κ2) is 7.28. The van der Waals surface area contributed by atoms with Gasteiger partial charge in [-0.15, -0.1) is 24.8 Å². The fourth-order valence-corrected chi connectivity index (χ4v) is 0.725. The molecule has 1 heterocycles. The highest BCUT2D eigenvalue weighted by atomic mass is 35.5. The van der Waals surface area contributed by atoms with Gasteiger partial charge in [-0.05, 0) is 6.07 Å². The summed E-state index contributed by atoms with van der Waals surface area (Å²) in [7, 11) is 0. The first-order valence-electron chi connectivity index (χ1n) is 3.37. The zero-order valence-corrected chi connectivity index (χ0v) is 8.49. The van der Waals surface area contributed by atoms with Crippen molar-refractivity contribution in [1.82, 2.24) is 9.97 Å². The van der Waals surface area contributed by atoms with Gasteiger partial charge in [0.2, 0.25) is 0 Å². The van der Waals surface area contributed by atoms with Crippen LogP contribution in [0.5, 0.6) is 0 Å². The summed E-state index contributed by atoms with van der Waals surface area (Å²) in [5, 5.41) is 0. The molecule has 5 heteroatoms. The lowest BCUT2D eigenvalue weighted by Gasteiger charge is -1.96. The molecule has 0 aliphatic carbocycles. The number of rotatable bonds is 2. The molecule has 0 fully saturated rings. The number of hydrogen-bond acceptors (Lipinski definition) is 3. The SMILES string of the molecule is CCc1nccc(CN)n1.Cl.Cl. The number of aromatic nitrogens is 2. The Morgan fingerprint density at radius 3 is 2.58 bits per heavy atom. The van der Waals surface area contributed by atoms with Gasteiger partial charge >= 0.3 is 0 Å². The highest BCUT2D eigenvalue weighted by Gasteiger charge is 1.92. The number of hydrogen-bond donors (Lipinski definition) is 1. The predicted octanol–water partition coefficient (Wildman–Crippen LogP) is 1.34. The second-order valence-electron chi connectivity index (χ2n) is 2.02. The van der Waals surface area contributed by atoms with Crippen molar-refractivity contribution in [3.05, 3.63) is 23.8 Å². The summed E-state index contributed by atoms with van der Waals surface area (Å²) in [6, 6.07) is 1.83. The molecule has 0 aliphatic heterocycles. The Kier molecular flexibility index (Phi) is 8.59. The van der Waals surface area contributed by atoms with E-state index in [1.54, 1.807) is 6.20 Å². The van der Waals surface area contributed by atoms with E-state index in [1.165, 1.54) is 0 Å². The average Bonchev–Trinajstić information content (AvgIpc) is 2.05. The summed E-state index contributed by atoms with van der Waals surface area (Å²) < 4.78 is 0. The Hall–Kier alpha value is -0.380. The zero-order valence-electron chi connectivity index (χ0n) is 6.86. The van der Waals surface area contributed by atoms with Crippen molar-refractivity contribution >= 4 is 24.8 Å². The van der Waals surface area contributed by atoms with E-state index in [1.807, 2.05) is 13.0 Å². The zero-order chi connectivity index (χ0) is 7.40. The number of nitrogens with zero attached hydrogens (tertiary/aromatic N) is 2. The number of nitrogens with two attached hydrogens (primary N) is 1. The number of aryl methyl sites for hydroxylation is 1. The fourth-order valence-electron chi connectivity index (χ4n) is 0.725. The van der Waals surface area contributed by atoms with Crippen LogP contribution < -0.4 is 5.73 Å². The fraction of sp³-hybridized carbons (Fsp3) is 0.429. The summed E-state index contributed by atoms with van der Waals surface area (Å²) in [6.45, 7) is 2.52. The largest absolute Gasteiger partial charge is 0.325 e. The van der Waals surface area contributed by atoms with E-state index in [4.69, 9.17) is 5.73 Å².